The molecule has 20 heavy (non-hydrogen) atoms. The molecule has 1 aliphatic rings. The van der Waals surface area contributed by atoms with Gasteiger partial charge in [-0.25, -0.2) is 8.78 Å². The summed E-state index contributed by atoms with van der Waals surface area (Å²) in [7, 11) is 0. The summed E-state index contributed by atoms with van der Waals surface area (Å²) in [5, 5.41) is 12.3. The molecule has 0 spiro atoms. The van der Waals surface area contributed by atoms with Gasteiger partial charge in [0.25, 0.3) is 0 Å². The van der Waals surface area contributed by atoms with Crippen LogP contribution in [0.2, 0.25) is 0 Å². The number of hydrogen-bond acceptors (Lipinski definition) is 2. The van der Waals surface area contributed by atoms with E-state index in [-0.39, 0.29) is 0 Å². The minimum Gasteiger partial charge on any atom is -0.411 e. The molecule has 1 N–H and O–H groups in total. The van der Waals surface area contributed by atoms with Crippen LogP contribution in [0.1, 0.15) is 24.0 Å². The number of fused-ring (bicyclic) bond motifs is 1. The van der Waals surface area contributed by atoms with Crippen molar-refractivity contribution in [2.45, 2.75) is 19.3 Å². The highest BCUT2D eigenvalue weighted by Gasteiger charge is 2.16. The lowest BCUT2D eigenvalue weighted by atomic mass is 9.88. The van der Waals surface area contributed by atoms with Crippen molar-refractivity contribution in [3.63, 3.8) is 0 Å². The number of halogens is 2. The fraction of sp³-hybridized carbons (Fsp3) is 0.188. The average molecular weight is 273 g/mol. The molecule has 2 nitrogen and oxygen atoms in total. The van der Waals surface area contributed by atoms with Gasteiger partial charge in [0.2, 0.25) is 0 Å². The number of benzene rings is 2. The number of rotatable bonds is 1. The SMILES string of the molecule is ON=C1CCCc2cc(-c3ccc(F)c(F)c3)ccc21. The van der Waals surface area contributed by atoms with Crippen LogP contribution in [0.3, 0.4) is 0 Å². The van der Waals surface area contributed by atoms with Crippen LogP contribution in [-0.4, -0.2) is 10.9 Å². The summed E-state index contributed by atoms with van der Waals surface area (Å²) in [6.45, 7) is 0. The van der Waals surface area contributed by atoms with Gasteiger partial charge in [0.05, 0.1) is 5.71 Å². The molecule has 2 aromatic rings. The second-order valence-corrected chi connectivity index (χ2v) is 4.90. The van der Waals surface area contributed by atoms with E-state index >= 15 is 0 Å². The maximum Gasteiger partial charge on any atom is 0.159 e. The first kappa shape index (κ1) is 12.8. The van der Waals surface area contributed by atoms with E-state index < -0.39 is 11.6 Å². The molecule has 0 fully saturated rings. The molecule has 0 bridgehead atoms. The molecule has 4 heteroatoms. The molecule has 3 rings (SSSR count). The molecule has 0 atom stereocenters. The molecule has 0 amide bonds. The Morgan fingerprint density at radius 3 is 2.40 bits per heavy atom. The van der Waals surface area contributed by atoms with Crippen LogP contribution >= 0.6 is 0 Å². The lowest BCUT2D eigenvalue weighted by molar-refractivity contribution is 0.317. The predicted octanol–water partition coefficient (Wildman–Crippen LogP) is 4.15. The lowest BCUT2D eigenvalue weighted by Crippen LogP contribution is -2.11. The van der Waals surface area contributed by atoms with E-state index in [1.807, 2.05) is 18.2 Å². The first-order valence-corrected chi connectivity index (χ1v) is 6.48. The third kappa shape index (κ3) is 2.18. The Kier molecular flexibility index (Phi) is 3.22. The van der Waals surface area contributed by atoms with Gasteiger partial charge < -0.3 is 5.21 Å². The van der Waals surface area contributed by atoms with E-state index in [1.54, 1.807) is 6.07 Å². The average Bonchev–Trinajstić information content (AvgIpc) is 2.48. The summed E-state index contributed by atoms with van der Waals surface area (Å²) in [6.07, 6.45) is 2.58. The van der Waals surface area contributed by atoms with Crippen molar-refractivity contribution in [3.05, 3.63) is 59.2 Å². The summed E-state index contributed by atoms with van der Waals surface area (Å²) in [4.78, 5) is 0. The third-order valence-corrected chi connectivity index (χ3v) is 3.65. The van der Waals surface area contributed by atoms with E-state index in [0.717, 1.165) is 42.0 Å². The van der Waals surface area contributed by atoms with Gasteiger partial charge in [-0.1, -0.05) is 29.4 Å². The Labute approximate surface area is 115 Å². The van der Waals surface area contributed by atoms with Crippen LogP contribution in [0.5, 0.6) is 0 Å². The summed E-state index contributed by atoms with van der Waals surface area (Å²) in [5.74, 6) is -1.70. The number of aryl methyl sites for hydroxylation is 1. The van der Waals surface area contributed by atoms with Crippen LogP contribution < -0.4 is 0 Å². The maximum absolute atomic E-state index is 13.3. The second kappa shape index (κ2) is 5.04. The monoisotopic (exact) mass is 273 g/mol. The minimum absolute atomic E-state index is 0.639. The fourth-order valence-corrected chi connectivity index (χ4v) is 2.62. The van der Waals surface area contributed by atoms with E-state index in [0.29, 0.717) is 11.3 Å². The number of nitrogens with zero attached hydrogens (tertiary/aromatic N) is 1. The second-order valence-electron chi connectivity index (χ2n) is 4.90. The molecule has 0 heterocycles. The van der Waals surface area contributed by atoms with E-state index in [2.05, 4.69) is 5.16 Å². The lowest BCUT2D eigenvalue weighted by Gasteiger charge is -2.17. The van der Waals surface area contributed by atoms with Crippen molar-refractivity contribution in [2.24, 2.45) is 5.16 Å². The van der Waals surface area contributed by atoms with Gasteiger partial charge in [-0.3, -0.25) is 0 Å². The van der Waals surface area contributed by atoms with Crippen molar-refractivity contribution in [1.82, 2.24) is 0 Å². The standard InChI is InChI=1S/C16H13F2NO/c17-14-7-5-11(9-15(14)18)10-4-6-13-12(8-10)2-1-3-16(13)19-20/h4-9,20H,1-3H2. The summed E-state index contributed by atoms with van der Waals surface area (Å²) < 4.78 is 26.3. The van der Waals surface area contributed by atoms with Gasteiger partial charge in [0.15, 0.2) is 11.6 Å². The van der Waals surface area contributed by atoms with E-state index in [4.69, 9.17) is 5.21 Å². The van der Waals surface area contributed by atoms with Gasteiger partial charge in [0.1, 0.15) is 0 Å². The van der Waals surface area contributed by atoms with Gasteiger partial charge in [-0.2, -0.15) is 0 Å². The topological polar surface area (TPSA) is 32.6 Å². The molecule has 0 radical (unpaired) electrons. The molecule has 0 saturated heterocycles. The normalized spacial score (nSPS) is 16.2. The first-order chi connectivity index (χ1) is 9.69. The van der Waals surface area contributed by atoms with Crippen molar-refractivity contribution in [3.8, 4) is 11.1 Å². The zero-order valence-electron chi connectivity index (χ0n) is 10.7. The smallest absolute Gasteiger partial charge is 0.159 e. The molecule has 1 aliphatic carbocycles. The molecule has 0 saturated carbocycles. The molecule has 2 aromatic carbocycles. The molecule has 102 valence electrons. The Hall–Kier alpha value is -2.23. The highest BCUT2D eigenvalue weighted by Crippen LogP contribution is 2.28. The van der Waals surface area contributed by atoms with Crippen LogP contribution in [0.25, 0.3) is 11.1 Å². The van der Waals surface area contributed by atoms with Crippen LogP contribution in [0.4, 0.5) is 8.78 Å². The molecule has 0 aromatic heterocycles. The Bertz CT molecular complexity index is 695. The molecule has 0 unspecified atom stereocenters. The van der Waals surface area contributed by atoms with E-state index in [1.165, 1.54) is 6.07 Å². The predicted molar refractivity (Wildman–Crippen MR) is 73.1 cm³/mol. The molecular formula is C16H13F2NO. The van der Waals surface area contributed by atoms with Crippen LogP contribution in [0, 0.1) is 11.6 Å². The third-order valence-electron chi connectivity index (χ3n) is 3.65. The molecular weight excluding hydrogens is 260 g/mol. The van der Waals surface area contributed by atoms with Crippen LogP contribution in [-0.2, 0) is 6.42 Å². The fourth-order valence-electron chi connectivity index (χ4n) is 2.62. The van der Waals surface area contributed by atoms with Gasteiger partial charge in [0, 0.05) is 5.56 Å². The highest BCUT2D eigenvalue weighted by atomic mass is 19.2. The number of hydrogen-bond donors (Lipinski definition) is 1. The van der Waals surface area contributed by atoms with Crippen molar-refractivity contribution >= 4 is 5.71 Å². The van der Waals surface area contributed by atoms with Gasteiger partial charge in [-0.15, -0.1) is 0 Å². The Balaban J connectivity index is 2.06. The van der Waals surface area contributed by atoms with Crippen molar-refractivity contribution in [1.29, 1.82) is 0 Å². The van der Waals surface area contributed by atoms with Crippen molar-refractivity contribution < 1.29 is 14.0 Å². The Morgan fingerprint density at radius 1 is 0.900 bits per heavy atom. The van der Waals surface area contributed by atoms with Gasteiger partial charge in [-0.05, 0) is 48.1 Å². The largest absolute Gasteiger partial charge is 0.411 e. The Morgan fingerprint density at radius 2 is 1.65 bits per heavy atom. The maximum atomic E-state index is 13.3. The summed E-state index contributed by atoms with van der Waals surface area (Å²) in [5.41, 5.74) is 4.17. The molecule has 0 aliphatic heterocycles. The zero-order valence-corrected chi connectivity index (χ0v) is 10.7. The van der Waals surface area contributed by atoms with Crippen LogP contribution in [0.15, 0.2) is 41.6 Å². The zero-order chi connectivity index (χ0) is 14.1. The van der Waals surface area contributed by atoms with Crippen molar-refractivity contribution in [2.75, 3.05) is 0 Å². The summed E-state index contributed by atoms with van der Waals surface area (Å²) >= 11 is 0. The van der Waals surface area contributed by atoms with Gasteiger partial charge >= 0.3 is 0 Å². The summed E-state index contributed by atoms with van der Waals surface area (Å²) in [6, 6.07) is 9.55. The quantitative estimate of drug-likeness (QED) is 0.614. The minimum atomic E-state index is -0.849. The van der Waals surface area contributed by atoms with E-state index in [9.17, 15) is 8.78 Å². The highest BCUT2D eigenvalue weighted by molar-refractivity contribution is 6.02. The first-order valence-electron chi connectivity index (χ1n) is 6.48. The number of oxime groups is 1.